The molecule has 18 heavy (non-hydrogen) atoms. The average Bonchev–Trinajstić information content (AvgIpc) is 2.93. The summed E-state index contributed by atoms with van der Waals surface area (Å²) < 4.78 is 7.13. The summed E-state index contributed by atoms with van der Waals surface area (Å²) in [5.41, 5.74) is 1.20. The Hall–Kier alpha value is -0.910. The number of nitrogens with zero attached hydrogens (tertiary/aromatic N) is 2. The highest BCUT2D eigenvalue weighted by molar-refractivity contribution is 7.15. The van der Waals surface area contributed by atoms with E-state index >= 15 is 0 Å². The largest absolute Gasteiger partial charge is 0.383 e. The van der Waals surface area contributed by atoms with Crippen LogP contribution in [-0.4, -0.2) is 36.2 Å². The molecule has 2 rings (SSSR count). The molecule has 0 bridgehead atoms. The molecule has 0 aliphatic heterocycles. The molecule has 0 saturated heterocycles. The molecule has 2 aromatic heterocycles. The fourth-order valence-corrected chi connectivity index (χ4v) is 2.73. The van der Waals surface area contributed by atoms with Crippen LogP contribution in [0.25, 0.3) is 4.96 Å². The van der Waals surface area contributed by atoms with Gasteiger partial charge in [0, 0.05) is 31.4 Å². The van der Waals surface area contributed by atoms with Crippen LogP contribution in [0.2, 0.25) is 0 Å². The number of thiazole rings is 1. The lowest BCUT2D eigenvalue weighted by molar-refractivity contribution is 0.197. The van der Waals surface area contributed by atoms with Gasteiger partial charge in [-0.15, -0.1) is 11.3 Å². The molecular weight excluding hydrogens is 246 g/mol. The molecule has 100 valence electrons. The van der Waals surface area contributed by atoms with Crippen LogP contribution >= 0.6 is 11.3 Å². The molecule has 1 atom stereocenters. The van der Waals surface area contributed by atoms with Crippen LogP contribution in [0.4, 0.5) is 0 Å². The lowest BCUT2D eigenvalue weighted by Crippen LogP contribution is -2.27. The van der Waals surface area contributed by atoms with Crippen molar-refractivity contribution in [2.45, 2.75) is 19.8 Å². The Labute approximate surface area is 112 Å². The Morgan fingerprint density at radius 1 is 1.56 bits per heavy atom. The van der Waals surface area contributed by atoms with Crippen molar-refractivity contribution >= 4 is 16.3 Å². The van der Waals surface area contributed by atoms with Crippen molar-refractivity contribution < 1.29 is 4.74 Å². The summed E-state index contributed by atoms with van der Waals surface area (Å²) in [6, 6.07) is 0. The van der Waals surface area contributed by atoms with E-state index < -0.39 is 0 Å². The quantitative estimate of drug-likeness (QED) is 0.745. The van der Waals surface area contributed by atoms with Gasteiger partial charge in [-0.1, -0.05) is 13.3 Å². The number of imidazole rings is 1. The summed E-state index contributed by atoms with van der Waals surface area (Å²) in [7, 11) is 1.73. The smallest absolute Gasteiger partial charge is 0.193 e. The van der Waals surface area contributed by atoms with Gasteiger partial charge in [0.15, 0.2) is 4.96 Å². The second kappa shape index (κ2) is 6.87. The van der Waals surface area contributed by atoms with Crippen LogP contribution < -0.4 is 5.32 Å². The molecule has 0 saturated carbocycles. The third kappa shape index (κ3) is 3.54. The second-order valence-electron chi connectivity index (χ2n) is 4.50. The third-order valence-corrected chi connectivity index (χ3v) is 3.91. The lowest BCUT2D eigenvalue weighted by atomic mass is 10.0. The Morgan fingerprint density at radius 2 is 2.44 bits per heavy atom. The minimum Gasteiger partial charge on any atom is -0.383 e. The number of methoxy groups -OCH3 is 1. The summed E-state index contributed by atoms with van der Waals surface area (Å²) in [5.74, 6) is 0.645. The van der Waals surface area contributed by atoms with Gasteiger partial charge < -0.3 is 10.1 Å². The predicted molar refractivity (Wildman–Crippen MR) is 75.3 cm³/mol. The number of aromatic nitrogens is 2. The maximum absolute atomic E-state index is 5.03. The molecule has 0 aliphatic carbocycles. The maximum atomic E-state index is 5.03. The highest BCUT2D eigenvalue weighted by Crippen LogP contribution is 2.15. The van der Waals surface area contributed by atoms with Crippen molar-refractivity contribution in [1.29, 1.82) is 0 Å². The summed E-state index contributed by atoms with van der Waals surface area (Å²) >= 11 is 1.69. The molecule has 0 fully saturated rings. The summed E-state index contributed by atoms with van der Waals surface area (Å²) in [6.45, 7) is 4.97. The molecule has 1 N–H and O–H groups in total. The first-order valence-corrected chi connectivity index (χ1v) is 7.32. The first-order chi connectivity index (χ1) is 8.83. The van der Waals surface area contributed by atoms with Gasteiger partial charge in [-0.3, -0.25) is 4.40 Å². The van der Waals surface area contributed by atoms with Crippen molar-refractivity contribution in [3.8, 4) is 0 Å². The van der Waals surface area contributed by atoms with Crippen molar-refractivity contribution in [2.24, 2.45) is 5.92 Å². The zero-order valence-electron chi connectivity index (χ0n) is 11.1. The predicted octanol–water partition coefficient (Wildman–Crippen LogP) is 2.20. The first-order valence-electron chi connectivity index (χ1n) is 6.44. The summed E-state index contributed by atoms with van der Waals surface area (Å²) in [5, 5.41) is 5.49. The minimum atomic E-state index is 0.645. The highest BCUT2D eigenvalue weighted by Gasteiger charge is 2.10. The van der Waals surface area contributed by atoms with Crippen LogP contribution in [0, 0.1) is 5.92 Å². The van der Waals surface area contributed by atoms with Crippen molar-refractivity contribution in [1.82, 2.24) is 14.7 Å². The minimum absolute atomic E-state index is 0.645. The molecule has 2 aromatic rings. The first kappa shape index (κ1) is 13.5. The van der Waals surface area contributed by atoms with Crippen molar-refractivity contribution in [3.05, 3.63) is 23.5 Å². The monoisotopic (exact) mass is 267 g/mol. The Kier molecular flexibility index (Phi) is 5.16. The number of hydrogen-bond acceptors (Lipinski definition) is 4. The summed E-state index contributed by atoms with van der Waals surface area (Å²) in [6.07, 6.45) is 6.42. The maximum Gasteiger partial charge on any atom is 0.193 e. The molecule has 2 heterocycles. The molecule has 0 spiro atoms. The van der Waals surface area contributed by atoms with Gasteiger partial charge in [-0.2, -0.15) is 0 Å². The normalized spacial score (nSPS) is 13.2. The van der Waals surface area contributed by atoms with E-state index in [2.05, 4.69) is 39.4 Å². The van der Waals surface area contributed by atoms with Crippen LogP contribution in [0.5, 0.6) is 0 Å². The molecule has 0 aliphatic rings. The zero-order valence-corrected chi connectivity index (χ0v) is 11.9. The standard InChI is InChI=1S/C13H21N3OS/c1-3-11(9-14-4-6-17-2)8-12-10-16-5-7-18-13(16)15-12/h5,7,10-11,14H,3-4,6,8-9H2,1-2H3. The van der Waals surface area contributed by atoms with E-state index in [1.165, 1.54) is 12.1 Å². The van der Waals surface area contributed by atoms with E-state index in [0.29, 0.717) is 5.92 Å². The molecule has 1 unspecified atom stereocenters. The van der Waals surface area contributed by atoms with Crippen LogP contribution in [0.1, 0.15) is 19.0 Å². The van der Waals surface area contributed by atoms with Gasteiger partial charge in [0.05, 0.1) is 12.3 Å². The average molecular weight is 267 g/mol. The van der Waals surface area contributed by atoms with E-state index in [9.17, 15) is 0 Å². The van der Waals surface area contributed by atoms with Gasteiger partial charge in [0.1, 0.15) is 0 Å². The van der Waals surface area contributed by atoms with E-state index in [0.717, 1.165) is 31.1 Å². The molecule has 0 aromatic carbocycles. The number of hydrogen-bond donors (Lipinski definition) is 1. The molecule has 5 heteroatoms. The molecule has 0 radical (unpaired) electrons. The van der Waals surface area contributed by atoms with Crippen molar-refractivity contribution in [3.63, 3.8) is 0 Å². The van der Waals surface area contributed by atoms with Gasteiger partial charge in [-0.05, 0) is 18.9 Å². The lowest BCUT2D eigenvalue weighted by Gasteiger charge is -2.14. The Balaban J connectivity index is 1.83. The zero-order chi connectivity index (χ0) is 12.8. The summed E-state index contributed by atoms with van der Waals surface area (Å²) in [4.78, 5) is 5.72. The van der Waals surface area contributed by atoms with Gasteiger partial charge in [-0.25, -0.2) is 4.98 Å². The van der Waals surface area contributed by atoms with E-state index in [-0.39, 0.29) is 0 Å². The number of nitrogens with one attached hydrogen (secondary N) is 1. The fourth-order valence-electron chi connectivity index (χ4n) is 2.01. The van der Waals surface area contributed by atoms with Gasteiger partial charge >= 0.3 is 0 Å². The molecule has 0 amide bonds. The van der Waals surface area contributed by atoms with Crippen LogP contribution in [0.3, 0.4) is 0 Å². The number of rotatable bonds is 8. The Morgan fingerprint density at radius 3 is 3.17 bits per heavy atom. The SMILES string of the molecule is CCC(CNCCOC)Cc1cn2ccsc2n1. The fraction of sp³-hybridized carbons (Fsp3) is 0.615. The van der Waals surface area contributed by atoms with Gasteiger partial charge in [0.25, 0.3) is 0 Å². The topological polar surface area (TPSA) is 38.6 Å². The van der Waals surface area contributed by atoms with Crippen molar-refractivity contribution in [2.75, 3.05) is 26.8 Å². The van der Waals surface area contributed by atoms with E-state index in [1.54, 1.807) is 18.4 Å². The third-order valence-electron chi connectivity index (χ3n) is 3.13. The van der Waals surface area contributed by atoms with Gasteiger partial charge in [0.2, 0.25) is 0 Å². The van der Waals surface area contributed by atoms with E-state index in [1.807, 2.05) is 0 Å². The number of fused-ring (bicyclic) bond motifs is 1. The number of ether oxygens (including phenoxy) is 1. The molecule has 4 nitrogen and oxygen atoms in total. The van der Waals surface area contributed by atoms with Crippen LogP contribution in [-0.2, 0) is 11.2 Å². The second-order valence-corrected chi connectivity index (χ2v) is 5.37. The highest BCUT2D eigenvalue weighted by atomic mass is 32.1. The van der Waals surface area contributed by atoms with E-state index in [4.69, 9.17) is 4.74 Å². The molecular formula is C13H21N3OS. The Bertz CT molecular complexity index is 437. The van der Waals surface area contributed by atoms with Crippen LogP contribution in [0.15, 0.2) is 17.8 Å².